The standard InChI is InChI=1S/C32H31BrN2O9S/c1-7-12-43-29-20(13-21(33)16-24(29)39-5)15-25-30(37)35-28(27(31(38)42-9-3)18(4)34-32(35)45-25)19-10-11-22(23(14-19)41-8-2)44-17-26(36)40-6/h1,10-11,13-16,28H,8-9,12,17H2,2-6H3/b25-15+/t28-/m1/s1. The highest BCUT2D eigenvalue weighted by molar-refractivity contribution is 9.10. The Morgan fingerprint density at radius 2 is 1.87 bits per heavy atom. The van der Waals surface area contributed by atoms with Crippen LogP contribution in [0.5, 0.6) is 23.0 Å². The summed E-state index contributed by atoms with van der Waals surface area (Å²) in [6.07, 6.45) is 7.10. The van der Waals surface area contributed by atoms with Gasteiger partial charge in [0.2, 0.25) is 0 Å². The third-order valence-corrected chi connectivity index (χ3v) is 7.97. The lowest BCUT2D eigenvalue weighted by Crippen LogP contribution is -2.40. The molecule has 45 heavy (non-hydrogen) atoms. The molecule has 236 valence electrons. The van der Waals surface area contributed by atoms with Gasteiger partial charge in [0.15, 0.2) is 34.4 Å². The van der Waals surface area contributed by atoms with E-state index in [9.17, 15) is 14.4 Å². The molecule has 0 unspecified atom stereocenters. The van der Waals surface area contributed by atoms with Crippen molar-refractivity contribution in [1.29, 1.82) is 0 Å². The number of methoxy groups -OCH3 is 2. The van der Waals surface area contributed by atoms with Crippen LogP contribution >= 0.6 is 27.3 Å². The maximum atomic E-state index is 14.2. The summed E-state index contributed by atoms with van der Waals surface area (Å²) in [6, 6.07) is 7.57. The molecule has 11 nitrogen and oxygen atoms in total. The molecule has 0 N–H and O–H groups in total. The van der Waals surface area contributed by atoms with Gasteiger partial charge in [-0.1, -0.05) is 39.3 Å². The molecule has 0 bridgehead atoms. The highest BCUT2D eigenvalue weighted by atomic mass is 79.9. The van der Waals surface area contributed by atoms with Gasteiger partial charge in [-0.05, 0) is 56.7 Å². The minimum Gasteiger partial charge on any atom is -0.493 e. The first-order chi connectivity index (χ1) is 21.7. The summed E-state index contributed by atoms with van der Waals surface area (Å²) in [7, 11) is 2.77. The van der Waals surface area contributed by atoms with E-state index >= 15 is 0 Å². The Hall–Kier alpha value is -4.54. The molecular formula is C32H31BrN2O9S. The average molecular weight is 700 g/mol. The smallest absolute Gasteiger partial charge is 0.343 e. The molecular weight excluding hydrogens is 668 g/mol. The zero-order valence-electron chi connectivity index (χ0n) is 25.3. The van der Waals surface area contributed by atoms with Crippen LogP contribution in [-0.4, -0.2) is 57.2 Å². The third kappa shape index (κ3) is 7.24. The van der Waals surface area contributed by atoms with Crippen molar-refractivity contribution in [3.05, 3.63) is 76.9 Å². The lowest BCUT2D eigenvalue weighted by atomic mass is 9.95. The molecule has 2 aromatic carbocycles. The van der Waals surface area contributed by atoms with Crippen LogP contribution in [0.3, 0.4) is 0 Å². The fraction of sp³-hybridized carbons (Fsp3) is 0.312. The van der Waals surface area contributed by atoms with E-state index in [-0.39, 0.29) is 25.4 Å². The Morgan fingerprint density at radius 3 is 2.53 bits per heavy atom. The molecule has 13 heteroatoms. The number of benzene rings is 2. The third-order valence-electron chi connectivity index (χ3n) is 6.53. The molecule has 2 heterocycles. The van der Waals surface area contributed by atoms with Crippen molar-refractivity contribution in [1.82, 2.24) is 4.57 Å². The Labute approximate surface area is 271 Å². The molecule has 4 rings (SSSR count). The Morgan fingerprint density at radius 1 is 1.09 bits per heavy atom. The number of hydrogen-bond acceptors (Lipinski definition) is 11. The molecule has 1 aromatic heterocycles. The minimum absolute atomic E-state index is 0.0102. The largest absolute Gasteiger partial charge is 0.493 e. The number of ether oxygens (including phenoxy) is 6. The van der Waals surface area contributed by atoms with E-state index < -0.39 is 23.5 Å². The molecule has 0 aliphatic carbocycles. The number of esters is 2. The molecule has 1 aliphatic rings. The number of aromatic nitrogens is 1. The number of thiazole rings is 1. The second-order valence-electron chi connectivity index (χ2n) is 9.33. The van der Waals surface area contributed by atoms with Crippen molar-refractivity contribution < 1.29 is 38.0 Å². The van der Waals surface area contributed by atoms with E-state index in [4.69, 9.17) is 30.1 Å². The number of rotatable bonds is 12. The summed E-state index contributed by atoms with van der Waals surface area (Å²) >= 11 is 4.63. The minimum atomic E-state index is -0.912. The van der Waals surface area contributed by atoms with Crippen molar-refractivity contribution in [3.63, 3.8) is 0 Å². The van der Waals surface area contributed by atoms with Crippen LogP contribution in [0, 0.1) is 12.3 Å². The summed E-state index contributed by atoms with van der Waals surface area (Å²) < 4.78 is 35.3. The molecule has 0 amide bonds. The topological polar surface area (TPSA) is 124 Å². The Balaban J connectivity index is 1.94. The number of nitrogens with zero attached hydrogens (tertiary/aromatic N) is 2. The lowest BCUT2D eigenvalue weighted by molar-refractivity contribution is -0.143. The van der Waals surface area contributed by atoms with Crippen LogP contribution in [0.4, 0.5) is 0 Å². The van der Waals surface area contributed by atoms with E-state index in [0.717, 1.165) is 11.3 Å². The second kappa shape index (κ2) is 15.0. The second-order valence-corrected chi connectivity index (χ2v) is 11.3. The van der Waals surface area contributed by atoms with Gasteiger partial charge >= 0.3 is 11.9 Å². The lowest BCUT2D eigenvalue weighted by Gasteiger charge is -2.25. The number of carbonyl (C=O) groups excluding carboxylic acids is 2. The van der Waals surface area contributed by atoms with Crippen molar-refractivity contribution in [2.75, 3.05) is 40.6 Å². The molecule has 3 aromatic rings. The maximum Gasteiger partial charge on any atom is 0.343 e. The van der Waals surface area contributed by atoms with Gasteiger partial charge in [0.25, 0.3) is 5.56 Å². The van der Waals surface area contributed by atoms with Crippen LogP contribution in [-0.2, 0) is 19.1 Å². The van der Waals surface area contributed by atoms with Gasteiger partial charge < -0.3 is 28.4 Å². The van der Waals surface area contributed by atoms with Crippen LogP contribution in [0.2, 0.25) is 0 Å². The van der Waals surface area contributed by atoms with Crippen molar-refractivity contribution in [2.45, 2.75) is 26.8 Å². The zero-order valence-corrected chi connectivity index (χ0v) is 27.7. The molecule has 1 aliphatic heterocycles. The van der Waals surface area contributed by atoms with E-state index in [0.29, 0.717) is 60.2 Å². The van der Waals surface area contributed by atoms with Gasteiger partial charge in [0.1, 0.15) is 6.61 Å². The van der Waals surface area contributed by atoms with Crippen molar-refractivity contribution >= 4 is 45.3 Å². The van der Waals surface area contributed by atoms with Crippen molar-refractivity contribution in [2.24, 2.45) is 4.99 Å². The average Bonchev–Trinajstić information content (AvgIpc) is 3.32. The van der Waals surface area contributed by atoms with Crippen LogP contribution in [0.1, 0.15) is 37.9 Å². The fourth-order valence-electron chi connectivity index (χ4n) is 4.64. The summed E-state index contributed by atoms with van der Waals surface area (Å²) in [5.41, 5.74) is 1.28. The monoisotopic (exact) mass is 698 g/mol. The van der Waals surface area contributed by atoms with Crippen LogP contribution in [0.25, 0.3) is 6.08 Å². The van der Waals surface area contributed by atoms with Gasteiger partial charge in [0, 0.05) is 10.0 Å². The van der Waals surface area contributed by atoms with E-state index in [1.165, 1.54) is 18.8 Å². The summed E-state index contributed by atoms with van der Waals surface area (Å²) in [4.78, 5) is 44.2. The van der Waals surface area contributed by atoms with Gasteiger partial charge in [-0.2, -0.15) is 0 Å². The molecule has 0 saturated heterocycles. The molecule has 0 fully saturated rings. The Kier molecular flexibility index (Phi) is 11.1. The first-order valence-corrected chi connectivity index (χ1v) is 15.4. The SMILES string of the molecule is C#CCOc1c(/C=c2/sc3n(c2=O)[C@H](c2ccc(OCC(=O)OC)c(OCC)c2)C(C(=O)OCC)=C(C)N=3)cc(Br)cc1OC. The highest BCUT2D eigenvalue weighted by Gasteiger charge is 2.34. The summed E-state index contributed by atoms with van der Waals surface area (Å²) in [6.45, 7) is 5.27. The van der Waals surface area contributed by atoms with E-state index in [1.807, 2.05) is 0 Å². The van der Waals surface area contributed by atoms with Gasteiger partial charge in [0.05, 0.1) is 49.3 Å². The van der Waals surface area contributed by atoms with Crippen LogP contribution < -0.4 is 33.8 Å². The highest BCUT2D eigenvalue weighted by Crippen LogP contribution is 2.37. The first kappa shape index (κ1) is 33.4. The van der Waals surface area contributed by atoms with Crippen molar-refractivity contribution in [3.8, 4) is 35.3 Å². The predicted molar refractivity (Wildman–Crippen MR) is 171 cm³/mol. The summed E-state index contributed by atoms with van der Waals surface area (Å²) in [5.74, 6) is 2.67. The van der Waals surface area contributed by atoms with E-state index in [1.54, 1.807) is 57.2 Å². The number of fused-ring (bicyclic) bond motifs is 1. The van der Waals surface area contributed by atoms with Crippen LogP contribution in [0.15, 0.2) is 55.9 Å². The number of terminal acetylenes is 1. The first-order valence-electron chi connectivity index (χ1n) is 13.8. The molecule has 0 saturated carbocycles. The molecule has 1 atom stereocenters. The quantitative estimate of drug-likeness (QED) is 0.206. The number of carbonyl (C=O) groups is 2. The predicted octanol–water partition coefficient (Wildman–Crippen LogP) is 3.53. The number of hydrogen-bond donors (Lipinski definition) is 0. The molecule has 0 radical (unpaired) electrons. The Bertz CT molecular complexity index is 1870. The van der Waals surface area contributed by atoms with Gasteiger partial charge in [-0.25, -0.2) is 14.6 Å². The summed E-state index contributed by atoms with van der Waals surface area (Å²) in [5, 5.41) is 0. The maximum absolute atomic E-state index is 14.2. The fourth-order valence-corrected chi connectivity index (χ4v) is 6.13. The molecule has 0 spiro atoms. The van der Waals surface area contributed by atoms with E-state index in [2.05, 4.69) is 31.6 Å². The number of allylic oxidation sites excluding steroid dienone is 1. The van der Waals surface area contributed by atoms with Gasteiger partial charge in [-0.15, -0.1) is 6.42 Å². The van der Waals surface area contributed by atoms with Gasteiger partial charge in [-0.3, -0.25) is 9.36 Å². The zero-order chi connectivity index (χ0) is 32.7. The normalized spacial score (nSPS) is 14.2. The number of halogens is 1.